The molecule has 2 rings (SSSR count). The molecule has 1 fully saturated rings. The molecule has 0 spiro atoms. The summed E-state index contributed by atoms with van der Waals surface area (Å²) in [5.41, 5.74) is -0.728. The smallest absolute Gasteiger partial charge is 0.307 e. The van der Waals surface area contributed by atoms with Gasteiger partial charge in [-0.3, -0.25) is 10.1 Å². The summed E-state index contributed by atoms with van der Waals surface area (Å²) in [6.45, 7) is 1.88. The lowest BCUT2D eigenvalue weighted by atomic mass is 10.1. The maximum absolute atomic E-state index is 13.5. The lowest BCUT2D eigenvalue weighted by Crippen LogP contribution is -2.17. The Morgan fingerprint density at radius 1 is 1.44 bits per heavy atom. The summed E-state index contributed by atoms with van der Waals surface area (Å²) in [4.78, 5) is 9.72. The van der Waals surface area contributed by atoms with Crippen LogP contribution in [0.5, 0.6) is 0 Å². The zero-order valence-corrected chi connectivity index (χ0v) is 9.95. The standard InChI is InChI=1S/C12H14F2N2O2/c1-7(4-8-2-3-8)15-11-6-12(16(17)18)10(14)5-9(11)13/h5-8,15H,2-4H2,1H3. The van der Waals surface area contributed by atoms with Gasteiger partial charge in [-0.15, -0.1) is 0 Å². The van der Waals surface area contributed by atoms with E-state index in [-0.39, 0.29) is 11.7 Å². The first-order chi connectivity index (χ1) is 8.47. The lowest BCUT2D eigenvalue weighted by molar-refractivity contribution is -0.387. The lowest BCUT2D eigenvalue weighted by Gasteiger charge is -2.15. The molecule has 1 saturated carbocycles. The van der Waals surface area contributed by atoms with Crippen molar-refractivity contribution in [2.75, 3.05) is 5.32 Å². The molecule has 6 heteroatoms. The number of hydrogen-bond donors (Lipinski definition) is 1. The summed E-state index contributed by atoms with van der Waals surface area (Å²) in [5, 5.41) is 13.4. The third-order valence-electron chi connectivity index (χ3n) is 3.02. The zero-order valence-electron chi connectivity index (χ0n) is 9.95. The predicted octanol–water partition coefficient (Wildman–Crippen LogP) is 3.47. The van der Waals surface area contributed by atoms with Gasteiger partial charge >= 0.3 is 5.69 Å². The Bertz CT molecular complexity index is 475. The number of halogens is 2. The van der Waals surface area contributed by atoms with E-state index in [1.807, 2.05) is 6.92 Å². The topological polar surface area (TPSA) is 55.2 Å². The SMILES string of the molecule is CC(CC1CC1)Nc1cc([N+](=O)[O-])c(F)cc1F. The summed E-state index contributed by atoms with van der Waals surface area (Å²) < 4.78 is 26.6. The van der Waals surface area contributed by atoms with Gasteiger partial charge in [-0.2, -0.15) is 4.39 Å². The zero-order chi connectivity index (χ0) is 13.3. The van der Waals surface area contributed by atoms with Crippen LogP contribution in [0.15, 0.2) is 12.1 Å². The Hall–Kier alpha value is -1.72. The van der Waals surface area contributed by atoms with Gasteiger partial charge in [0.2, 0.25) is 5.82 Å². The maximum Gasteiger partial charge on any atom is 0.307 e. The number of nitrogens with one attached hydrogen (secondary N) is 1. The first kappa shape index (κ1) is 12.7. The van der Waals surface area contributed by atoms with Crippen molar-refractivity contribution in [2.24, 2.45) is 5.92 Å². The quantitative estimate of drug-likeness (QED) is 0.648. The van der Waals surface area contributed by atoms with Crippen LogP contribution >= 0.6 is 0 Å². The Morgan fingerprint density at radius 2 is 2.11 bits per heavy atom. The fourth-order valence-corrected chi connectivity index (χ4v) is 1.97. The molecule has 1 aromatic rings. The fraction of sp³-hybridized carbons (Fsp3) is 0.500. The number of benzene rings is 1. The molecule has 98 valence electrons. The van der Waals surface area contributed by atoms with Crippen LogP contribution in [0.2, 0.25) is 0 Å². The van der Waals surface area contributed by atoms with Gasteiger partial charge in [0.1, 0.15) is 5.82 Å². The molecule has 18 heavy (non-hydrogen) atoms. The second-order valence-corrected chi connectivity index (χ2v) is 4.77. The van der Waals surface area contributed by atoms with Gasteiger partial charge in [-0.1, -0.05) is 12.8 Å². The van der Waals surface area contributed by atoms with Crippen molar-refractivity contribution in [3.05, 3.63) is 33.9 Å². The molecule has 1 atom stereocenters. The van der Waals surface area contributed by atoms with E-state index in [1.54, 1.807) is 0 Å². The highest BCUT2D eigenvalue weighted by Gasteiger charge is 2.25. The molecular weight excluding hydrogens is 242 g/mol. The molecule has 0 saturated heterocycles. The molecule has 0 amide bonds. The van der Waals surface area contributed by atoms with Gasteiger partial charge in [0.25, 0.3) is 0 Å². The largest absolute Gasteiger partial charge is 0.380 e. The van der Waals surface area contributed by atoms with Gasteiger partial charge in [-0.05, 0) is 19.3 Å². The van der Waals surface area contributed by atoms with Gasteiger partial charge in [0.15, 0.2) is 0 Å². The van der Waals surface area contributed by atoms with Crippen LogP contribution in [0.4, 0.5) is 20.2 Å². The van der Waals surface area contributed by atoms with E-state index in [2.05, 4.69) is 5.32 Å². The van der Waals surface area contributed by atoms with Crippen LogP contribution < -0.4 is 5.32 Å². The van der Waals surface area contributed by atoms with E-state index in [0.717, 1.165) is 12.5 Å². The van der Waals surface area contributed by atoms with Crippen molar-refractivity contribution in [3.63, 3.8) is 0 Å². The molecule has 1 aliphatic carbocycles. The predicted molar refractivity (Wildman–Crippen MR) is 63.4 cm³/mol. The molecule has 0 aromatic heterocycles. The van der Waals surface area contributed by atoms with Crippen molar-refractivity contribution in [1.29, 1.82) is 0 Å². The average Bonchev–Trinajstić information content (AvgIpc) is 3.05. The molecule has 0 radical (unpaired) electrons. The monoisotopic (exact) mass is 256 g/mol. The maximum atomic E-state index is 13.5. The van der Waals surface area contributed by atoms with Crippen LogP contribution in [0.3, 0.4) is 0 Å². The van der Waals surface area contributed by atoms with Gasteiger partial charge in [0.05, 0.1) is 10.6 Å². The molecule has 0 aliphatic heterocycles. The molecule has 4 nitrogen and oxygen atoms in total. The molecule has 0 heterocycles. The van der Waals surface area contributed by atoms with Crippen LogP contribution in [0.1, 0.15) is 26.2 Å². The minimum atomic E-state index is -1.15. The van der Waals surface area contributed by atoms with Crippen LogP contribution in [0.25, 0.3) is 0 Å². The number of anilines is 1. The van der Waals surface area contributed by atoms with Gasteiger partial charge in [0, 0.05) is 18.2 Å². The van der Waals surface area contributed by atoms with Crippen molar-refractivity contribution in [2.45, 2.75) is 32.2 Å². The number of nitro benzene ring substituents is 1. The second-order valence-electron chi connectivity index (χ2n) is 4.77. The van der Waals surface area contributed by atoms with Gasteiger partial charge < -0.3 is 5.32 Å². The summed E-state index contributed by atoms with van der Waals surface area (Å²) in [6.07, 6.45) is 3.25. The van der Waals surface area contributed by atoms with Gasteiger partial charge in [-0.25, -0.2) is 4.39 Å². The highest BCUT2D eigenvalue weighted by molar-refractivity contribution is 5.53. The first-order valence-corrected chi connectivity index (χ1v) is 5.87. The summed E-state index contributed by atoms with van der Waals surface area (Å²) in [6, 6.07) is 1.47. The van der Waals surface area contributed by atoms with Crippen LogP contribution in [-0.2, 0) is 0 Å². The number of nitrogens with zero attached hydrogens (tertiary/aromatic N) is 1. The van der Waals surface area contributed by atoms with E-state index in [9.17, 15) is 18.9 Å². The summed E-state index contributed by atoms with van der Waals surface area (Å²) >= 11 is 0. The summed E-state index contributed by atoms with van der Waals surface area (Å²) in [7, 11) is 0. The molecule has 0 bridgehead atoms. The molecule has 1 unspecified atom stereocenters. The van der Waals surface area contributed by atoms with E-state index in [1.165, 1.54) is 12.8 Å². The number of rotatable bonds is 5. The highest BCUT2D eigenvalue weighted by Crippen LogP contribution is 2.34. The van der Waals surface area contributed by atoms with Crippen molar-refractivity contribution in [3.8, 4) is 0 Å². The Morgan fingerprint density at radius 3 is 2.67 bits per heavy atom. The average molecular weight is 256 g/mol. The molecule has 1 aliphatic rings. The van der Waals surface area contributed by atoms with E-state index >= 15 is 0 Å². The van der Waals surface area contributed by atoms with Crippen LogP contribution in [0, 0.1) is 27.7 Å². The van der Waals surface area contributed by atoms with E-state index in [0.29, 0.717) is 12.0 Å². The first-order valence-electron chi connectivity index (χ1n) is 5.87. The van der Waals surface area contributed by atoms with E-state index < -0.39 is 22.2 Å². The van der Waals surface area contributed by atoms with E-state index in [4.69, 9.17) is 0 Å². The third-order valence-corrected chi connectivity index (χ3v) is 3.02. The fourth-order valence-electron chi connectivity index (χ4n) is 1.97. The third kappa shape index (κ3) is 2.94. The highest BCUT2D eigenvalue weighted by atomic mass is 19.1. The number of nitro groups is 1. The molecular formula is C12H14F2N2O2. The van der Waals surface area contributed by atoms with Crippen LogP contribution in [-0.4, -0.2) is 11.0 Å². The minimum absolute atomic E-state index is 0.0112. The van der Waals surface area contributed by atoms with Crippen molar-refractivity contribution in [1.82, 2.24) is 0 Å². The Kier molecular flexibility index (Phi) is 3.45. The Balaban J connectivity index is 2.15. The van der Waals surface area contributed by atoms with Crippen molar-refractivity contribution < 1.29 is 13.7 Å². The second kappa shape index (κ2) is 4.88. The minimum Gasteiger partial charge on any atom is -0.380 e. The Labute approximate surface area is 103 Å². The molecule has 1 N–H and O–H groups in total. The van der Waals surface area contributed by atoms with Crippen molar-refractivity contribution >= 4 is 11.4 Å². The normalized spacial score (nSPS) is 16.4. The summed E-state index contributed by atoms with van der Waals surface area (Å²) in [5.74, 6) is -1.30. The number of hydrogen-bond acceptors (Lipinski definition) is 3. The molecule has 1 aromatic carbocycles.